The Labute approximate surface area is 238 Å². The van der Waals surface area contributed by atoms with E-state index in [1.807, 2.05) is 32.9 Å². The minimum atomic E-state index is -4.16. The lowest BCUT2D eigenvalue weighted by Crippen LogP contribution is -2.36. The number of ether oxygens (including phenoxy) is 1. The molecule has 0 spiro atoms. The zero-order chi connectivity index (χ0) is 29.0. The summed E-state index contributed by atoms with van der Waals surface area (Å²) in [6.45, 7) is 5.99. The molecule has 1 N–H and O–H groups in total. The molecule has 2 amide bonds. The predicted octanol–water partition coefficient (Wildman–Crippen LogP) is 5.02. The molecule has 0 saturated carbocycles. The molecule has 0 fully saturated rings. The zero-order valence-corrected chi connectivity index (χ0v) is 24.6. The van der Waals surface area contributed by atoms with Crippen LogP contribution in [0.25, 0.3) is 11.0 Å². The van der Waals surface area contributed by atoms with Crippen LogP contribution >= 0.6 is 11.7 Å². The maximum Gasteiger partial charge on any atom is 0.279 e. The first kappa shape index (κ1) is 29.2. The summed E-state index contributed by atoms with van der Waals surface area (Å²) in [6.07, 6.45) is -0.926. The Morgan fingerprint density at radius 1 is 0.875 bits per heavy atom. The van der Waals surface area contributed by atoms with Crippen molar-refractivity contribution in [3.05, 3.63) is 83.4 Å². The second-order valence-corrected chi connectivity index (χ2v) is 12.4. The summed E-state index contributed by atoms with van der Waals surface area (Å²) in [5, 5.41) is 0. The second-order valence-electron chi connectivity index (χ2n) is 10.2. The van der Waals surface area contributed by atoms with Gasteiger partial charge < -0.3 is 9.64 Å². The summed E-state index contributed by atoms with van der Waals surface area (Å²) in [4.78, 5) is 27.1. The van der Waals surface area contributed by atoms with E-state index in [0.29, 0.717) is 28.8 Å². The summed E-state index contributed by atoms with van der Waals surface area (Å²) >= 11 is 1.04. The number of rotatable bonds is 10. The van der Waals surface area contributed by atoms with Crippen molar-refractivity contribution in [2.24, 2.45) is 0 Å². The van der Waals surface area contributed by atoms with Gasteiger partial charge in [0.15, 0.2) is 0 Å². The monoisotopic (exact) mass is 580 g/mol. The Morgan fingerprint density at radius 2 is 1.48 bits per heavy atom. The fourth-order valence-electron chi connectivity index (χ4n) is 4.09. The van der Waals surface area contributed by atoms with E-state index in [4.69, 9.17) is 4.74 Å². The predicted molar refractivity (Wildman–Crippen MR) is 155 cm³/mol. The molecule has 0 aliphatic carbocycles. The molecule has 0 aliphatic rings. The molecule has 1 aromatic heterocycles. The van der Waals surface area contributed by atoms with E-state index in [2.05, 4.69) is 13.5 Å². The SMILES string of the molecule is CC(C)c1ccc(S(=O)(=O)NC(=O)C(Oc2ccc(C(C)CC(=O)N(C)C)cc2)c2ccc3nsnc3c2)cc1. The summed E-state index contributed by atoms with van der Waals surface area (Å²) in [5.74, 6) is -0.233. The lowest BCUT2D eigenvalue weighted by Gasteiger charge is -2.20. The Bertz CT molecular complexity index is 1600. The van der Waals surface area contributed by atoms with Crippen LogP contribution in [0.5, 0.6) is 5.75 Å². The first-order valence-electron chi connectivity index (χ1n) is 12.8. The van der Waals surface area contributed by atoms with E-state index in [1.54, 1.807) is 61.5 Å². The summed E-state index contributed by atoms with van der Waals surface area (Å²) in [5.41, 5.74) is 3.59. The highest BCUT2D eigenvalue weighted by Crippen LogP contribution is 2.28. The number of carbonyl (C=O) groups excluding carboxylic acids is 2. The van der Waals surface area contributed by atoms with Crippen LogP contribution in [0.15, 0.2) is 71.6 Å². The molecule has 9 nitrogen and oxygen atoms in total. The van der Waals surface area contributed by atoms with Gasteiger partial charge in [0, 0.05) is 26.1 Å². The fraction of sp³-hybridized carbons (Fsp3) is 0.310. The molecule has 0 aliphatic heterocycles. The third-order valence-electron chi connectivity index (χ3n) is 6.59. The van der Waals surface area contributed by atoms with Crippen molar-refractivity contribution in [3.63, 3.8) is 0 Å². The van der Waals surface area contributed by atoms with Gasteiger partial charge in [0.2, 0.25) is 12.0 Å². The number of sulfonamides is 1. The number of carbonyl (C=O) groups is 2. The third-order valence-corrected chi connectivity index (χ3v) is 8.51. The second kappa shape index (κ2) is 12.1. The van der Waals surface area contributed by atoms with Crippen molar-refractivity contribution in [1.29, 1.82) is 0 Å². The smallest absolute Gasteiger partial charge is 0.279 e. The number of nitrogens with zero attached hydrogens (tertiary/aromatic N) is 3. The number of fused-ring (bicyclic) bond motifs is 1. The number of benzene rings is 3. The van der Waals surface area contributed by atoms with Gasteiger partial charge in [-0.2, -0.15) is 8.75 Å². The highest BCUT2D eigenvalue weighted by molar-refractivity contribution is 7.90. The molecule has 4 aromatic rings. The van der Waals surface area contributed by atoms with Crippen molar-refractivity contribution in [2.45, 2.75) is 50.0 Å². The molecule has 1 heterocycles. The van der Waals surface area contributed by atoms with Crippen molar-refractivity contribution in [2.75, 3.05) is 14.1 Å². The minimum Gasteiger partial charge on any atom is -0.476 e. The molecular formula is C29H32N4O5S2. The number of hydrogen-bond acceptors (Lipinski definition) is 8. The molecule has 0 radical (unpaired) electrons. The Morgan fingerprint density at radius 3 is 2.10 bits per heavy atom. The Hall–Kier alpha value is -3.83. The van der Waals surface area contributed by atoms with Gasteiger partial charge in [-0.1, -0.05) is 51.1 Å². The number of hydrogen-bond donors (Lipinski definition) is 1. The van der Waals surface area contributed by atoms with E-state index in [0.717, 1.165) is 22.9 Å². The molecule has 40 heavy (non-hydrogen) atoms. The van der Waals surface area contributed by atoms with Crippen molar-refractivity contribution >= 4 is 44.6 Å². The minimum absolute atomic E-state index is 0.0187. The molecule has 4 rings (SSSR count). The van der Waals surface area contributed by atoms with E-state index >= 15 is 0 Å². The third kappa shape index (κ3) is 6.83. The fourth-order valence-corrected chi connectivity index (χ4v) is 5.59. The largest absolute Gasteiger partial charge is 0.476 e. The van der Waals surface area contributed by atoms with Crippen LogP contribution in [-0.4, -0.2) is 48.0 Å². The number of nitrogens with one attached hydrogen (secondary N) is 1. The van der Waals surface area contributed by atoms with E-state index in [-0.39, 0.29) is 22.6 Å². The topological polar surface area (TPSA) is 119 Å². The number of amides is 2. The Balaban J connectivity index is 1.59. The molecule has 0 saturated heterocycles. The highest BCUT2D eigenvalue weighted by Gasteiger charge is 2.29. The van der Waals surface area contributed by atoms with E-state index < -0.39 is 22.0 Å². The maximum absolute atomic E-state index is 13.5. The van der Waals surface area contributed by atoms with Gasteiger partial charge in [0.1, 0.15) is 16.8 Å². The van der Waals surface area contributed by atoms with Gasteiger partial charge >= 0.3 is 0 Å². The standard InChI is InChI=1S/C29H32N4O5S2/c1-18(2)20-8-13-24(14-9-20)40(36,37)32-29(35)28(22-10-15-25-26(17-22)31-39-30-25)38-23-11-6-21(7-12-23)19(3)16-27(34)33(4)5/h6-15,17-19,28H,16H2,1-5H3,(H,32,35). The maximum atomic E-state index is 13.5. The average molecular weight is 581 g/mol. The lowest BCUT2D eigenvalue weighted by molar-refractivity contribution is -0.129. The molecule has 3 aromatic carbocycles. The molecule has 210 valence electrons. The van der Waals surface area contributed by atoms with Crippen molar-refractivity contribution < 1.29 is 22.7 Å². The van der Waals surface area contributed by atoms with Gasteiger partial charge in [-0.15, -0.1) is 0 Å². The molecule has 11 heteroatoms. The van der Waals surface area contributed by atoms with Crippen LogP contribution < -0.4 is 9.46 Å². The average Bonchev–Trinajstić information content (AvgIpc) is 3.39. The van der Waals surface area contributed by atoms with Crippen LogP contribution in [-0.2, 0) is 19.6 Å². The summed E-state index contributed by atoms with van der Waals surface area (Å²) in [6, 6.07) is 18.5. The quantitative estimate of drug-likeness (QED) is 0.280. The molecule has 2 unspecified atom stereocenters. The van der Waals surface area contributed by atoms with Crippen LogP contribution in [0.4, 0.5) is 0 Å². The van der Waals surface area contributed by atoms with Gasteiger partial charge in [-0.3, -0.25) is 9.59 Å². The summed E-state index contributed by atoms with van der Waals surface area (Å²) < 4.78 is 42.9. The van der Waals surface area contributed by atoms with Crippen LogP contribution in [0, 0.1) is 0 Å². The first-order valence-corrected chi connectivity index (χ1v) is 15.0. The van der Waals surface area contributed by atoms with Gasteiger partial charge in [-0.25, -0.2) is 13.1 Å². The van der Waals surface area contributed by atoms with Crippen molar-refractivity contribution in [3.8, 4) is 5.75 Å². The molecular weight excluding hydrogens is 548 g/mol. The molecule has 2 atom stereocenters. The van der Waals surface area contributed by atoms with Gasteiger partial charge in [-0.05, 0) is 59.4 Å². The van der Waals surface area contributed by atoms with E-state index in [1.165, 1.54) is 12.1 Å². The van der Waals surface area contributed by atoms with Crippen LogP contribution in [0.3, 0.4) is 0 Å². The van der Waals surface area contributed by atoms with Crippen LogP contribution in [0.1, 0.15) is 61.8 Å². The number of aromatic nitrogens is 2. The first-order chi connectivity index (χ1) is 18.9. The Kier molecular flexibility index (Phi) is 8.85. The lowest BCUT2D eigenvalue weighted by atomic mass is 9.97. The van der Waals surface area contributed by atoms with Crippen molar-refractivity contribution in [1.82, 2.24) is 18.4 Å². The summed E-state index contributed by atoms with van der Waals surface area (Å²) in [7, 11) is -0.718. The van der Waals surface area contributed by atoms with Gasteiger partial charge in [0.05, 0.1) is 16.6 Å². The van der Waals surface area contributed by atoms with Gasteiger partial charge in [0.25, 0.3) is 15.9 Å². The normalized spacial score (nSPS) is 13.2. The zero-order valence-electron chi connectivity index (χ0n) is 23.0. The highest BCUT2D eigenvalue weighted by atomic mass is 32.2. The molecule has 0 bridgehead atoms. The van der Waals surface area contributed by atoms with E-state index in [9.17, 15) is 18.0 Å². The van der Waals surface area contributed by atoms with Crippen LogP contribution in [0.2, 0.25) is 0 Å².